The SMILES string of the molecule is C=CCNC(=O)Nc1ccccc1Cc1nc(C2CC2)no1. The van der Waals surface area contributed by atoms with Crippen molar-refractivity contribution >= 4 is 11.7 Å². The second-order valence-electron chi connectivity index (χ2n) is 5.28. The molecule has 0 unspecified atom stereocenters. The first kappa shape index (κ1) is 14.3. The Labute approximate surface area is 128 Å². The number of benzene rings is 1. The molecule has 3 rings (SSSR count). The molecule has 2 aromatic rings. The van der Waals surface area contributed by atoms with E-state index in [0.717, 1.165) is 29.9 Å². The summed E-state index contributed by atoms with van der Waals surface area (Å²) in [6.07, 6.45) is 4.40. The van der Waals surface area contributed by atoms with Crippen molar-refractivity contribution in [1.82, 2.24) is 15.5 Å². The van der Waals surface area contributed by atoms with Gasteiger partial charge >= 0.3 is 6.03 Å². The number of carbonyl (C=O) groups is 1. The number of hydrogen-bond acceptors (Lipinski definition) is 4. The third-order valence-electron chi connectivity index (χ3n) is 3.44. The highest BCUT2D eigenvalue weighted by molar-refractivity contribution is 5.90. The maximum Gasteiger partial charge on any atom is 0.319 e. The van der Waals surface area contributed by atoms with Crippen molar-refractivity contribution in [3.05, 3.63) is 54.2 Å². The van der Waals surface area contributed by atoms with Gasteiger partial charge in [-0.3, -0.25) is 0 Å². The van der Waals surface area contributed by atoms with E-state index >= 15 is 0 Å². The number of aromatic nitrogens is 2. The van der Waals surface area contributed by atoms with Crippen LogP contribution in [0.15, 0.2) is 41.4 Å². The lowest BCUT2D eigenvalue weighted by Crippen LogP contribution is -2.29. The normalized spacial score (nSPS) is 13.6. The number of hydrogen-bond donors (Lipinski definition) is 2. The van der Waals surface area contributed by atoms with Gasteiger partial charge in [0.1, 0.15) is 0 Å². The molecule has 114 valence electrons. The lowest BCUT2D eigenvalue weighted by molar-refractivity contribution is 0.253. The topological polar surface area (TPSA) is 80.0 Å². The Kier molecular flexibility index (Phi) is 4.18. The van der Waals surface area contributed by atoms with Crippen molar-refractivity contribution in [1.29, 1.82) is 0 Å². The number of anilines is 1. The summed E-state index contributed by atoms with van der Waals surface area (Å²) in [6, 6.07) is 7.30. The molecule has 2 amide bonds. The van der Waals surface area contributed by atoms with Crippen LogP contribution in [0.4, 0.5) is 10.5 Å². The van der Waals surface area contributed by atoms with Gasteiger partial charge in [-0.15, -0.1) is 6.58 Å². The predicted molar refractivity (Wildman–Crippen MR) is 82.7 cm³/mol. The first-order valence-electron chi connectivity index (χ1n) is 7.32. The van der Waals surface area contributed by atoms with Crippen LogP contribution in [-0.2, 0) is 6.42 Å². The van der Waals surface area contributed by atoms with Crippen LogP contribution in [0.2, 0.25) is 0 Å². The summed E-state index contributed by atoms with van der Waals surface area (Å²) >= 11 is 0. The first-order valence-corrected chi connectivity index (χ1v) is 7.32. The Bertz CT molecular complexity index is 676. The van der Waals surface area contributed by atoms with Gasteiger partial charge in [0.05, 0.1) is 6.42 Å². The summed E-state index contributed by atoms with van der Waals surface area (Å²) in [7, 11) is 0. The maximum absolute atomic E-state index is 11.8. The van der Waals surface area contributed by atoms with Gasteiger partial charge in [-0.05, 0) is 24.5 Å². The van der Waals surface area contributed by atoms with Gasteiger partial charge in [0.25, 0.3) is 0 Å². The number of amides is 2. The van der Waals surface area contributed by atoms with E-state index in [1.807, 2.05) is 24.3 Å². The fourth-order valence-corrected chi connectivity index (χ4v) is 2.14. The van der Waals surface area contributed by atoms with Gasteiger partial charge in [-0.2, -0.15) is 4.98 Å². The minimum atomic E-state index is -0.267. The Morgan fingerprint density at radius 2 is 2.23 bits per heavy atom. The molecule has 1 fully saturated rings. The molecule has 0 aliphatic heterocycles. The molecule has 0 saturated heterocycles. The summed E-state index contributed by atoms with van der Waals surface area (Å²) in [5.41, 5.74) is 1.66. The number of nitrogens with one attached hydrogen (secondary N) is 2. The summed E-state index contributed by atoms with van der Waals surface area (Å²) in [6.45, 7) is 3.98. The van der Waals surface area contributed by atoms with Gasteiger partial charge in [-0.1, -0.05) is 29.4 Å². The molecular formula is C16H18N4O2. The summed E-state index contributed by atoms with van der Waals surface area (Å²) in [5.74, 6) is 1.84. The number of urea groups is 1. The molecule has 1 aliphatic rings. The molecule has 0 spiro atoms. The molecule has 0 radical (unpaired) electrons. The van der Waals surface area contributed by atoms with Gasteiger partial charge in [0.15, 0.2) is 5.82 Å². The Balaban J connectivity index is 1.69. The van der Waals surface area contributed by atoms with E-state index in [-0.39, 0.29) is 6.03 Å². The highest BCUT2D eigenvalue weighted by Crippen LogP contribution is 2.38. The molecule has 2 N–H and O–H groups in total. The van der Waals surface area contributed by atoms with E-state index < -0.39 is 0 Å². The van der Waals surface area contributed by atoms with Crippen LogP contribution < -0.4 is 10.6 Å². The Morgan fingerprint density at radius 1 is 1.41 bits per heavy atom. The molecule has 0 atom stereocenters. The van der Waals surface area contributed by atoms with Crippen LogP contribution >= 0.6 is 0 Å². The molecule has 6 nitrogen and oxygen atoms in total. The van der Waals surface area contributed by atoms with Crippen molar-refractivity contribution in [3.63, 3.8) is 0 Å². The number of rotatable bonds is 6. The smallest absolute Gasteiger partial charge is 0.319 e. The van der Waals surface area contributed by atoms with E-state index in [2.05, 4.69) is 27.4 Å². The van der Waals surface area contributed by atoms with Crippen LogP contribution in [0.25, 0.3) is 0 Å². The third kappa shape index (κ3) is 3.52. The average molecular weight is 298 g/mol. The van der Waals surface area contributed by atoms with E-state index in [1.54, 1.807) is 6.08 Å². The van der Waals surface area contributed by atoms with Crippen molar-refractivity contribution in [2.75, 3.05) is 11.9 Å². The van der Waals surface area contributed by atoms with Gasteiger partial charge < -0.3 is 15.2 Å². The lowest BCUT2D eigenvalue weighted by Gasteiger charge is -2.10. The maximum atomic E-state index is 11.8. The second-order valence-corrected chi connectivity index (χ2v) is 5.28. The summed E-state index contributed by atoms with van der Waals surface area (Å²) in [4.78, 5) is 16.2. The van der Waals surface area contributed by atoms with Gasteiger partial charge in [0.2, 0.25) is 5.89 Å². The average Bonchev–Trinajstić information content (AvgIpc) is 3.27. The molecule has 1 aliphatic carbocycles. The van der Waals surface area contributed by atoms with Gasteiger partial charge in [-0.25, -0.2) is 4.79 Å². The zero-order valence-corrected chi connectivity index (χ0v) is 12.2. The standard InChI is InChI=1S/C16H18N4O2/c1-2-9-17-16(21)18-13-6-4-3-5-12(13)10-14-19-15(20-22-14)11-7-8-11/h2-6,11H,1,7-10H2,(H2,17,18,21). The van der Waals surface area contributed by atoms with Crippen LogP contribution in [-0.4, -0.2) is 22.7 Å². The second kappa shape index (κ2) is 6.43. The van der Waals surface area contributed by atoms with E-state index in [1.165, 1.54) is 0 Å². The zero-order valence-electron chi connectivity index (χ0n) is 12.2. The van der Waals surface area contributed by atoms with Crippen molar-refractivity contribution in [2.24, 2.45) is 0 Å². The molecular weight excluding hydrogens is 280 g/mol. The van der Waals surface area contributed by atoms with E-state index in [4.69, 9.17) is 4.52 Å². The highest BCUT2D eigenvalue weighted by Gasteiger charge is 2.28. The monoisotopic (exact) mass is 298 g/mol. The lowest BCUT2D eigenvalue weighted by atomic mass is 10.1. The van der Waals surface area contributed by atoms with Crippen LogP contribution in [0.1, 0.15) is 36.0 Å². The quantitative estimate of drug-likeness (QED) is 0.804. The van der Waals surface area contributed by atoms with Crippen LogP contribution in [0.5, 0.6) is 0 Å². The summed E-state index contributed by atoms with van der Waals surface area (Å²) in [5, 5.41) is 9.51. The predicted octanol–water partition coefficient (Wildman–Crippen LogP) is 2.85. The number of nitrogens with zero attached hydrogens (tertiary/aromatic N) is 2. The molecule has 6 heteroatoms. The fourth-order valence-electron chi connectivity index (χ4n) is 2.14. The van der Waals surface area contributed by atoms with E-state index in [0.29, 0.717) is 24.8 Å². The van der Waals surface area contributed by atoms with Crippen LogP contribution in [0.3, 0.4) is 0 Å². The first-order chi connectivity index (χ1) is 10.8. The molecule has 1 heterocycles. The summed E-state index contributed by atoms with van der Waals surface area (Å²) < 4.78 is 5.29. The van der Waals surface area contributed by atoms with E-state index in [9.17, 15) is 4.79 Å². The minimum absolute atomic E-state index is 0.267. The number of para-hydroxylation sites is 1. The van der Waals surface area contributed by atoms with Crippen LogP contribution in [0, 0.1) is 0 Å². The molecule has 22 heavy (non-hydrogen) atoms. The molecule has 1 aromatic heterocycles. The molecule has 1 aromatic carbocycles. The third-order valence-corrected chi connectivity index (χ3v) is 3.44. The fraction of sp³-hybridized carbons (Fsp3) is 0.312. The largest absolute Gasteiger partial charge is 0.339 e. The zero-order chi connectivity index (χ0) is 15.4. The van der Waals surface area contributed by atoms with Crippen molar-refractivity contribution in [2.45, 2.75) is 25.2 Å². The Hall–Kier alpha value is -2.63. The minimum Gasteiger partial charge on any atom is -0.339 e. The molecule has 0 bridgehead atoms. The van der Waals surface area contributed by atoms with Gasteiger partial charge in [0, 0.05) is 18.2 Å². The highest BCUT2D eigenvalue weighted by atomic mass is 16.5. The number of carbonyl (C=O) groups excluding carboxylic acids is 1. The van der Waals surface area contributed by atoms with Crippen molar-refractivity contribution in [3.8, 4) is 0 Å². The Morgan fingerprint density at radius 3 is 3.00 bits per heavy atom. The van der Waals surface area contributed by atoms with Crippen molar-refractivity contribution < 1.29 is 9.32 Å². The molecule has 1 saturated carbocycles.